The monoisotopic (exact) mass is 362 g/mol. The highest BCUT2D eigenvalue weighted by molar-refractivity contribution is 7.18. The van der Waals surface area contributed by atoms with Gasteiger partial charge in [-0.25, -0.2) is 8.78 Å². The minimum Gasteiger partial charge on any atom is -0.397 e. The predicted molar refractivity (Wildman–Crippen MR) is 94.7 cm³/mol. The maximum atomic E-state index is 13.7. The summed E-state index contributed by atoms with van der Waals surface area (Å²) in [6.45, 7) is 4.48. The van der Waals surface area contributed by atoms with Gasteiger partial charge in [0.1, 0.15) is 17.3 Å². The maximum absolute atomic E-state index is 13.7. The van der Waals surface area contributed by atoms with Crippen molar-refractivity contribution in [2.45, 2.75) is 20.4 Å². The van der Waals surface area contributed by atoms with Crippen molar-refractivity contribution in [2.75, 3.05) is 11.1 Å². The van der Waals surface area contributed by atoms with Crippen molar-refractivity contribution in [1.29, 1.82) is 0 Å². The summed E-state index contributed by atoms with van der Waals surface area (Å²) in [7, 11) is 0. The molecule has 3 rings (SSSR count). The van der Waals surface area contributed by atoms with Gasteiger partial charge in [0.15, 0.2) is 0 Å². The minimum absolute atomic E-state index is 0.261. The van der Waals surface area contributed by atoms with Crippen molar-refractivity contribution in [2.24, 2.45) is 0 Å². The van der Waals surface area contributed by atoms with Crippen LogP contribution in [0.1, 0.15) is 22.3 Å². The van der Waals surface area contributed by atoms with E-state index in [1.165, 1.54) is 12.1 Å². The molecule has 0 atom stereocenters. The molecule has 0 radical (unpaired) electrons. The smallest absolute Gasteiger partial charge is 0.265 e. The molecule has 3 aromatic rings. The molecule has 0 aliphatic heterocycles. The van der Waals surface area contributed by atoms with Gasteiger partial charge in [-0.15, -0.1) is 11.3 Å². The fraction of sp³-hybridized carbons (Fsp3) is 0.176. The number of carbonyl (C=O) groups excluding carboxylic acids is 1. The predicted octanol–water partition coefficient (Wildman–Crippen LogP) is 4.05. The molecule has 25 heavy (non-hydrogen) atoms. The highest BCUT2D eigenvalue weighted by atomic mass is 32.1. The first-order valence-electron chi connectivity index (χ1n) is 7.60. The van der Waals surface area contributed by atoms with E-state index < -0.39 is 23.2 Å². The molecule has 0 saturated heterocycles. The molecule has 5 nitrogen and oxygen atoms in total. The lowest BCUT2D eigenvalue weighted by molar-refractivity contribution is 0.102. The van der Waals surface area contributed by atoms with Crippen molar-refractivity contribution in [1.82, 2.24) is 9.78 Å². The van der Waals surface area contributed by atoms with Gasteiger partial charge in [0.25, 0.3) is 5.91 Å². The molecule has 0 aliphatic rings. The Hall–Kier alpha value is -2.74. The van der Waals surface area contributed by atoms with Gasteiger partial charge in [0.05, 0.1) is 26.8 Å². The van der Waals surface area contributed by atoms with Crippen molar-refractivity contribution >= 4 is 28.6 Å². The average Bonchev–Trinajstić information content (AvgIpc) is 3.13. The fourth-order valence-corrected chi connectivity index (χ4v) is 3.47. The first kappa shape index (κ1) is 17.1. The van der Waals surface area contributed by atoms with Crippen LogP contribution in [0.4, 0.5) is 20.2 Å². The van der Waals surface area contributed by atoms with Gasteiger partial charge in [-0.05, 0) is 38.1 Å². The van der Waals surface area contributed by atoms with E-state index in [0.29, 0.717) is 17.1 Å². The third-order valence-corrected chi connectivity index (χ3v) is 4.79. The van der Waals surface area contributed by atoms with E-state index in [9.17, 15) is 13.6 Å². The summed E-state index contributed by atoms with van der Waals surface area (Å²) in [5, 5.41) is 6.62. The second-order valence-electron chi connectivity index (χ2n) is 5.43. The Morgan fingerprint density at radius 2 is 2.00 bits per heavy atom. The van der Waals surface area contributed by atoms with Gasteiger partial charge < -0.3 is 11.1 Å². The van der Waals surface area contributed by atoms with E-state index in [1.807, 2.05) is 19.9 Å². The molecule has 0 spiro atoms. The zero-order chi connectivity index (χ0) is 18.1. The van der Waals surface area contributed by atoms with Crippen LogP contribution >= 0.6 is 11.3 Å². The summed E-state index contributed by atoms with van der Waals surface area (Å²) in [5.41, 5.74) is 7.62. The summed E-state index contributed by atoms with van der Waals surface area (Å²) in [6.07, 6.45) is 0. The Bertz CT molecular complexity index is 928. The zero-order valence-electron chi connectivity index (χ0n) is 13.6. The Morgan fingerprint density at radius 3 is 2.64 bits per heavy atom. The zero-order valence-corrected chi connectivity index (χ0v) is 14.5. The lowest BCUT2D eigenvalue weighted by Crippen LogP contribution is -2.12. The van der Waals surface area contributed by atoms with Crippen LogP contribution in [0.5, 0.6) is 0 Å². The number of thiophene rings is 1. The van der Waals surface area contributed by atoms with E-state index in [4.69, 9.17) is 5.73 Å². The standard InChI is InChI=1S/C17H16F2N4OS/c1-3-23-13(7-9(2)22-23)16-12(20)8-14(25-16)17(24)21-15-10(18)5-4-6-11(15)19/h4-8H,3,20H2,1-2H3,(H,21,24). The number of amides is 1. The summed E-state index contributed by atoms with van der Waals surface area (Å²) < 4.78 is 29.2. The Morgan fingerprint density at radius 1 is 1.32 bits per heavy atom. The second kappa shape index (κ2) is 6.64. The largest absolute Gasteiger partial charge is 0.397 e. The second-order valence-corrected chi connectivity index (χ2v) is 6.48. The van der Waals surface area contributed by atoms with Crippen LogP contribution < -0.4 is 11.1 Å². The molecular weight excluding hydrogens is 346 g/mol. The number of aromatic nitrogens is 2. The number of nitrogens with one attached hydrogen (secondary N) is 1. The molecule has 0 unspecified atom stereocenters. The van der Waals surface area contributed by atoms with Crippen molar-refractivity contribution in [3.05, 3.63) is 52.5 Å². The van der Waals surface area contributed by atoms with Crippen LogP contribution in [-0.4, -0.2) is 15.7 Å². The molecule has 0 fully saturated rings. The molecule has 0 saturated carbocycles. The maximum Gasteiger partial charge on any atom is 0.265 e. The van der Waals surface area contributed by atoms with Crippen LogP contribution in [0, 0.1) is 18.6 Å². The van der Waals surface area contributed by atoms with Gasteiger partial charge in [0, 0.05) is 6.54 Å². The lowest BCUT2D eigenvalue weighted by atomic mass is 10.2. The molecule has 3 N–H and O–H groups in total. The number of anilines is 2. The van der Waals surface area contributed by atoms with Crippen LogP contribution in [0.15, 0.2) is 30.3 Å². The van der Waals surface area contributed by atoms with Crippen molar-refractivity contribution < 1.29 is 13.6 Å². The molecule has 1 amide bonds. The first-order chi connectivity index (χ1) is 11.9. The summed E-state index contributed by atoms with van der Waals surface area (Å²) in [5.74, 6) is -2.29. The number of nitrogens with two attached hydrogens (primary N) is 1. The number of hydrogen-bond acceptors (Lipinski definition) is 4. The van der Waals surface area contributed by atoms with E-state index in [1.54, 1.807) is 4.68 Å². The van der Waals surface area contributed by atoms with Gasteiger partial charge in [-0.2, -0.15) is 5.10 Å². The number of para-hydroxylation sites is 1. The minimum atomic E-state index is -0.835. The van der Waals surface area contributed by atoms with Crippen molar-refractivity contribution in [3.8, 4) is 10.6 Å². The number of rotatable bonds is 4. The third-order valence-electron chi connectivity index (χ3n) is 3.62. The molecule has 8 heteroatoms. The quantitative estimate of drug-likeness (QED) is 0.735. The number of nitrogen functional groups attached to an aromatic ring is 1. The van der Waals surface area contributed by atoms with Crippen LogP contribution in [0.2, 0.25) is 0 Å². The summed E-state index contributed by atoms with van der Waals surface area (Å²) in [6, 6.07) is 6.76. The average molecular weight is 362 g/mol. The van der Waals surface area contributed by atoms with Gasteiger partial charge >= 0.3 is 0 Å². The van der Waals surface area contributed by atoms with Crippen LogP contribution in [0.3, 0.4) is 0 Å². The van der Waals surface area contributed by atoms with E-state index in [0.717, 1.165) is 34.9 Å². The van der Waals surface area contributed by atoms with E-state index in [2.05, 4.69) is 10.4 Å². The molecule has 1 aromatic carbocycles. The SMILES string of the molecule is CCn1nc(C)cc1-c1sc(C(=O)Nc2c(F)cccc2F)cc1N. The Balaban J connectivity index is 1.93. The van der Waals surface area contributed by atoms with Gasteiger partial charge in [0.2, 0.25) is 0 Å². The van der Waals surface area contributed by atoms with Gasteiger partial charge in [-0.3, -0.25) is 9.48 Å². The first-order valence-corrected chi connectivity index (χ1v) is 8.41. The highest BCUT2D eigenvalue weighted by Crippen LogP contribution is 2.35. The summed E-state index contributed by atoms with van der Waals surface area (Å²) in [4.78, 5) is 13.3. The Kier molecular flexibility index (Phi) is 4.54. The number of benzene rings is 1. The number of aryl methyl sites for hydroxylation is 2. The third kappa shape index (κ3) is 3.25. The molecular formula is C17H16F2N4OS. The molecule has 2 heterocycles. The fourth-order valence-electron chi connectivity index (χ4n) is 2.48. The number of hydrogen-bond donors (Lipinski definition) is 2. The number of nitrogens with zero attached hydrogens (tertiary/aromatic N) is 2. The van der Waals surface area contributed by atoms with Crippen LogP contribution in [0.25, 0.3) is 10.6 Å². The summed E-state index contributed by atoms with van der Waals surface area (Å²) >= 11 is 1.15. The normalized spacial score (nSPS) is 10.9. The lowest BCUT2D eigenvalue weighted by Gasteiger charge is -2.06. The van der Waals surface area contributed by atoms with Crippen molar-refractivity contribution in [3.63, 3.8) is 0 Å². The number of carbonyl (C=O) groups is 1. The highest BCUT2D eigenvalue weighted by Gasteiger charge is 2.19. The topological polar surface area (TPSA) is 72.9 Å². The number of halogens is 2. The van der Waals surface area contributed by atoms with Gasteiger partial charge in [-0.1, -0.05) is 6.07 Å². The molecule has 0 aliphatic carbocycles. The Labute approximate surface area is 147 Å². The van der Waals surface area contributed by atoms with Crippen LogP contribution in [-0.2, 0) is 6.54 Å². The van der Waals surface area contributed by atoms with E-state index >= 15 is 0 Å². The molecule has 0 bridgehead atoms. The van der Waals surface area contributed by atoms with E-state index in [-0.39, 0.29) is 4.88 Å². The molecule has 2 aromatic heterocycles. The molecule has 130 valence electrons.